The van der Waals surface area contributed by atoms with E-state index >= 15 is 0 Å². The molecule has 0 amide bonds. The second kappa shape index (κ2) is 7.41. The van der Waals surface area contributed by atoms with Gasteiger partial charge in [-0.2, -0.15) is 8.42 Å². The predicted octanol–water partition coefficient (Wildman–Crippen LogP) is -0.103. The van der Waals surface area contributed by atoms with E-state index in [1.807, 2.05) is 0 Å². The summed E-state index contributed by atoms with van der Waals surface area (Å²) in [6.07, 6.45) is 2.38. The molecule has 5 rings (SSSR count). The molecule has 1 aromatic rings. The standard InChI is InChI=1S/C16H22N4O4S.Li.H/c21-16(22)12-2-1-3-13-15(12)20(25(23,24)18-13)9-6-17-14-10-19-7-4-11(14)5-8-19;;/h1-3,11,14,17-18H,4-10H2,(H,21,22);;. The van der Waals surface area contributed by atoms with Crippen LogP contribution < -0.4 is 14.3 Å². The van der Waals surface area contributed by atoms with Gasteiger partial charge in [0.15, 0.2) is 0 Å². The molecule has 0 spiro atoms. The summed E-state index contributed by atoms with van der Waals surface area (Å²) in [5.41, 5.74) is 0.544. The summed E-state index contributed by atoms with van der Waals surface area (Å²) in [4.78, 5) is 13.9. The van der Waals surface area contributed by atoms with E-state index in [-0.39, 0.29) is 36.7 Å². The number of hydrogen-bond acceptors (Lipinski definition) is 5. The molecule has 0 aliphatic carbocycles. The molecule has 10 heteroatoms. The molecule has 4 aliphatic rings. The molecule has 1 unspecified atom stereocenters. The molecule has 138 valence electrons. The Morgan fingerprint density at radius 1 is 1.31 bits per heavy atom. The number of anilines is 2. The van der Waals surface area contributed by atoms with Gasteiger partial charge in [0.1, 0.15) is 0 Å². The third kappa shape index (κ3) is 3.47. The van der Waals surface area contributed by atoms with E-state index in [9.17, 15) is 18.3 Å². The quantitative estimate of drug-likeness (QED) is 0.622. The fourth-order valence-corrected chi connectivity index (χ4v) is 5.48. The zero-order valence-corrected chi connectivity index (χ0v) is 14.6. The first-order valence-electron chi connectivity index (χ1n) is 8.58. The second-order valence-electron chi connectivity index (χ2n) is 6.88. The van der Waals surface area contributed by atoms with Crippen LogP contribution in [0.4, 0.5) is 11.4 Å². The molecule has 0 saturated carbocycles. The second-order valence-corrected chi connectivity index (χ2v) is 8.48. The van der Waals surface area contributed by atoms with Crippen molar-refractivity contribution in [3.05, 3.63) is 23.8 Å². The van der Waals surface area contributed by atoms with Crippen LogP contribution in [0.25, 0.3) is 0 Å². The van der Waals surface area contributed by atoms with Gasteiger partial charge in [-0.1, -0.05) is 6.07 Å². The van der Waals surface area contributed by atoms with Gasteiger partial charge in [0.2, 0.25) is 0 Å². The van der Waals surface area contributed by atoms with Crippen molar-refractivity contribution in [2.75, 3.05) is 41.8 Å². The molecule has 2 bridgehead atoms. The number of hydrogen-bond donors (Lipinski definition) is 3. The number of nitrogens with one attached hydrogen (secondary N) is 2. The molecule has 4 aliphatic heterocycles. The number of carboxylic acid groups (broad SMARTS) is 1. The fraction of sp³-hybridized carbons (Fsp3) is 0.562. The van der Waals surface area contributed by atoms with E-state index < -0.39 is 16.2 Å². The summed E-state index contributed by atoms with van der Waals surface area (Å²) in [5, 5.41) is 12.8. The van der Waals surface area contributed by atoms with Gasteiger partial charge in [0.05, 0.1) is 16.9 Å². The third-order valence-corrected chi connectivity index (χ3v) is 6.85. The van der Waals surface area contributed by atoms with E-state index in [0.29, 0.717) is 24.2 Å². The molecular formula is C16H23LiN4O4S. The summed E-state index contributed by atoms with van der Waals surface area (Å²) in [6, 6.07) is 4.94. The first-order valence-corrected chi connectivity index (χ1v) is 10.0. The summed E-state index contributed by atoms with van der Waals surface area (Å²) in [5.74, 6) is -0.480. The van der Waals surface area contributed by atoms with Crippen LogP contribution in [0.1, 0.15) is 23.2 Å². The average Bonchev–Trinajstić information content (AvgIpc) is 2.85. The average molecular weight is 374 g/mol. The van der Waals surface area contributed by atoms with Gasteiger partial charge in [0.25, 0.3) is 0 Å². The first kappa shape index (κ1) is 19.5. The van der Waals surface area contributed by atoms with Gasteiger partial charge in [-0.3, -0.25) is 4.72 Å². The number of benzene rings is 1. The summed E-state index contributed by atoms with van der Waals surface area (Å²) >= 11 is 0. The Labute approximate surface area is 165 Å². The first-order chi connectivity index (χ1) is 12.0. The van der Waals surface area contributed by atoms with Crippen LogP contribution >= 0.6 is 0 Å². The van der Waals surface area contributed by atoms with Crippen LogP contribution in [-0.4, -0.2) is 82.0 Å². The molecule has 1 atom stereocenters. The van der Waals surface area contributed by atoms with Gasteiger partial charge < -0.3 is 15.3 Å². The van der Waals surface area contributed by atoms with Crippen molar-refractivity contribution in [3.8, 4) is 0 Å². The Morgan fingerprint density at radius 3 is 2.65 bits per heavy atom. The minimum absolute atomic E-state index is 0. The summed E-state index contributed by atoms with van der Waals surface area (Å²) in [7, 11) is -3.75. The normalized spacial score (nSPS) is 28.2. The van der Waals surface area contributed by atoms with E-state index in [2.05, 4.69) is 14.9 Å². The van der Waals surface area contributed by atoms with Gasteiger partial charge in [-0.25, -0.2) is 9.10 Å². The molecule has 1 aromatic carbocycles. The van der Waals surface area contributed by atoms with Crippen LogP contribution in [0.3, 0.4) is 0 Å². The van der Waals surface area contributed by atoms with Gasteiger partial charge >= 0.3 is 35.0 Å². The molecule has 3 saturated heterocycles. The van der Waals surface area contributed by atoms with E-state index in [1.54, 1.807) is 12.1 Å². The number of carbonyl (C=O) groups is 1. The van der Waals surface area contributed by atoms with Crippen molar-refractivity contribution in [2.45, 2.75) is 18.9 Å². The molecule has 0 radical (unpaired) electrons. The molecule has 8 nitrogen and oxygen atoms in total. The summed E-state index contributed by atoms with van der Waals surface area (Å²) < 4.78 is 28.4. The van der Waals surface area contributed by atoms with Gasteiger partial charge in [-0.15, -0.1) is 0 Å². The molecule has 3 fully saturated rings. The van der Waals surface area contributed by atoms with Crippen molar-refractivity contribution in [1.82, 2.24) is 10.2 Å². The molecule has 4 heterocycles. The maximum atomic E-state index is 12.4. The number of carboxylic acids is 1. The Hall–Kier alpha value is -1.24. The maximum absolute atomic E-state index is 12.4. The monoisotopic (exact) mass is 374 g/mol. The number of piperidine rings is 3. The Kier molecular flexibility index (Phi) is 5.56. The van der Waals surface area contributed by atoms with Crippen LogP contribution in [0.2, 0.25) is 0 Å². The molecule has 0 aromatic heterocycles. The number of para-hydroxylation sites is 1. The third-order valence-electron chi connectivity index (χ3n) is 5.42. The zero-order valence-electron chi connectivity index (χ0n) is 13.8. The van der Waals surface area contributed by atoms with E-state index in [4.69, 9.17) is 0 Å². The van der Waals surface area contributed by atoms with Crippen LogP contribution in [0.5, 0.6) is 0 Å². The van der Waals surface area contributed by atoms with Crippen LogP contribution in [-0.2, 0) is 10.2 Å². The zero-order chi connectivity index (χ0) is 17.6. The van der Waals surface area contributed by atoms with Crippen LogP contribution in [0, 0.1) is 5.92 Å². The molecule has 26 heavy (non-hydrogen) atoms. The SMILES string of the molecule is O=C(O)c1cccc2c1N(CCNC1CN3CCC1CC3)S(=O)(=O)N2.[LiH]. The molecule has 3 N–H and O–H groups in total. The van der Waals surface area contributed by atoms with E-state index in [1.165, 1.54) is 23.2 Å². The number of rotatable bonds is 5. The molecular weight excluding hydrogens is 351 g/mol. The minimum atomic E-state index is -3.75. The topological polar surface area (TPSA) is 102 Å². The van der Waals surface area contributed by atoms with Gasteiger partial charge in [-0.05, 0) is 44.0 Å². The van der Waals surface area contributed by atoms with Crippen molar-refractivity contribution < 1.29 is 18.3 Å². The Bertz CT molecular complexity index is 795. The summed E-state index contributed by atoms with van der Waals surface area (Å²) in [6.45, 7) is 4.01. The number of fused-ring (bicyclic) bond motifs is 4. The van der Waals surface area contributed by atoms with E-state index in [0.717, 1.165) is 19.6 Å². The Balaban J connectivity index is 0.00000196. The van der Waals surface area contributed by atoms with Crippen LogP contribution in [0.15, 0.2) is 18.2 Å². The number of nitrogens with zero attached hydrogens (tertiary/aromatic N) is 2. The van der Waals surface area contributed by atoms with Gasteiger partial charge in [0, 0.05) is 25.7 Å². The van der Waals surface area contributed by atoms with Crippen molar-refractivity contribution >= 4 is 46.4 Å². The van der Waals surface area contributed by atoms with Crippen molar-refractivity contribution in [1.29, 1.82) is 0 Å². The predicted molar refractivity (Wildman–Crippen MR) is 101 cm³/mol. The Morgan fingerprint density at radius 2 is 2.04 bits per heavy atom. The van der Waals surface area contributed by atoms with Crippen molar-refractivity contribution in [2.24, 2.45) is 5.92 Å². The number of aromatic carboxylic acids is 1. The fourth-order valence-electron chi connectivity index (χ4n) is 4.16. The van der Waals surface area contributed by atoms with Crippen molar-refractivity contribution in [3.63, 3.8) is 0 Å².